The molecule has 1 amide bonds. The van der Waals surface area contributed by atoms with Gasteiger partial charge in [0.2, 0.25) is 0 Å². The first-order valence-corrected chi connectivity index (χ1v) is 14.4. The number of hydrogen-bond acceptors (Lipinski definition) is 8. The number of rotatable bonds is 6. The fourth-order valence-corrected chi connectivity index (χ4v) is 5.93. The molecular weight excluding hydrogens is 530 g/mol. The molecule has 0 radical (unpaired) electrons. The number of nitriles is 1. The molecule has 0 unspecified atom stereocenters. The van der Waals surface area contributed by atoms with Crippen LogP contribution < -0.4 is 10.1 Å². The van der Waals surface area contributed by atoms with E-state index in [2.05, 4.69) is 35.2 Å². The lowest BCUT2D eigenvalue weighted by Crippen LogP contribution is -2.52. The number of carbonyl (C=O) groups is 1. The fourth-order valence-electron chi connectivity index (χ4n) is 5.93. The van der Waals surface area contributed by atoms with Crippen molar-refractivity contribution in [2.24, 2.45) is 0 Å². The molecule has 216 valence electrons. The maximum atomic E-state index is 13.3. The SMILES string of the molecule is COc1cc(C(=O)N2CCN(C)C[C@H]2C)ccc1-c1cc2nccc(-c3ccc(NC4CCOCC4)c(C#N)c3)c2o1. The van der Waals surface area contributed by atoms with Gasteiger partial charge < -0.3 is 29.0 Å². The highest BCUT2D eigenvalue weighted by Crippen LogP contribution is 2.38. The number of hydrogen-bond donors (Lipinski definition) is 1. The monoisotopic (exact) mass is 565 g/mol. The Morgan fingerprint density at radius 3 is 2.69 bits per heavy atom. The number of benzene rings is 2. The number of fused-ring (bicyclic) bond motifs is 1. The highest BCUT2D eigenvalue weighted by Gasteiger charge is 2.27. The lowest BCUT2D eigenvalue weighted by molar-refractivity contribution is 0.0533. The van der Waals surface area contributed by atoms with Gasteiger partial charge >= 0.3 is 0 Å². The first-order valence-electron chi connectivity index (χ1n) is 14.4. The van der Waals surface area contributed by atoms with Crippen molar-refractivity contribution in [3.05, 3.63) is 65.9 Å². The molecule has 4 aromatic rings. The first kappa shape index (κ1) is 27.8. The summed E-state index contributed by atoms with van der Waals surface area (Å²) in [5, 5.41) is 13.4. The van der Waals surface area contributed by atoms with Crippen LogP contribution in [-0.2, 0) is 4.74 Å². The van der Waals surface area contributed by atoms with Gasteiger partial charge in [0, 0.05) is 68.3 Å². The van der Waals surface area contributed by atoms with Gasteiger partial charge in [-0.1, -0.05) is 6.07 Å². The molecule has 2 aromatic heterocycles. The number of furan rings is 1. The van der Waals surface area contributed by atoms with Crippen LogP contribution in [0.4, 0.5) is 5.69 Å². The van der Waals surface area contributed by atoms with E-state index in [0.717, 1.165) is 61.5 Å². The second-order valence-corrected chi connectivity index (χ2v) is 11.1. The van der Waals surface area contributed by atoms with Crippen LogP contribution in [0.3, 0.4) is 0 Å². The van der Waals surface area contributed by atoms with E-state index in [1.807, 2.05) is 47.4 Å². The van der Waals surface area contributed by atoms with Crippen LogP contribution in [-0.4, -0.2) is 79.8 Å². The van der Waals surface area contributed by atoms with E-state index >= 15 is 0 Å². The number of nitrogens with one attached hydrogen (secondary N) is 1. The molecular formula is C33H35N5O4. The summed E-state index contributed by atoms with van der Waals surface area (Å²) in [6, 6.07) is 17.9. The number of nitrogens with zero attached hydrogens (tertiary/aromatic N) is 4. The molecule has 0 spiro atoms. The third-order valence-electron chi connectivity index (χ3n) is 8.25. The molecule has 6 rings (SSSR count). The second kappa shape index (κ2) is 11.8. The zero-order valence-corrected chi connectivity index (χ0v) is 24.2. The van der Waals surface area contributed by atoms with Crippen molar-refractivity contribution in [1.29, 1.82) is 5.26 Å². The topological polar surface area (TPSA) is 104 Å². The molecule has 9 nitrogen and oxygen atoms in total. The van der Waals surface area contributed by atoms with Gasteiger partial charge in [-0.3, -0.25) is 9.78 Å². The van der Waals surface area contributed by atoms with E-state index < -0.39 is 0 Å². The largest absolute Gasteiger partial charge is 0.496 e. The molecule has 4 heterocycles. The summed E-state index contributed by atoms with van der Waals surface area (Å²) < 4.78 is 17.6. The summed E-state index contributed by atoms with van der Waals surface area (Å²) in [7, 11) is 3.67. The van der Waals surface area contributed by atoms with Crippen LogP contribution in [0.2, 0.25) is 0 Å². The predicted octanol–water partition coefficient (Wildman–Crippen LogP) is 5.41. The second-order valence-electron chi connectivity index (χ2n) is 11.1. The van der Waals surface area contributed by atoms with Gasteiger partial charge in [-0.05, 0) is 68.8 Å². The molecule has 0 aliphatic carbocycles. The van der Waals surface area contributed by atoms with Crippen LogP contribution in [0, 0.1) is 11.3 Å². The minimum Gasteiger partial charge on any atom is -0.496 e. The number of methoxy groups -OCH3 is 1. The molecule has 1 atom stereocenters. The molecule has 2 saturated heterocycles. The van der Waals surface area contributed by atoms with Gasteiger partial charge in [0.1, 0.15) is 23.1 Å². The van der Waals surface area contributed by atoms with Crippen molar-refractivity contribution in [3.8, 4) is 34.3 Å². The number of aromatic nitrogens is 1. The molecule has 2 aliphatic heterocycles. The summed E-state index contributed by atoms with van der Waals surface area (Å²) in [6.45, 7) is 5.93. The van der Waals surface area contributed by atoms with Crippen LogP contribution >= 0.6 is 0 Å². The Kier molecular flexibility index (Phi) is 7.83. The average molecular weight is 566 g/mol. The minimum absolute atomic E-state index is 0.00272. The number of carbonyl (C=O) groups excluding carboxylic acids is 1. The van der Waals surface area contributed by atoms with Crippen molar-refractivity contribution in [3.63, 3.8) is 0 Å². The number of ether oxygens (including phenoxy) is 2. The van der Waals surface area contributed by atoms with E-state index in [4.69, 9.17) is 13.9 Å². The summed E-state index contributed by atoms with van der Waals surface area (Å²) in [6.07, 6.45) is 3.58. The number of anilines is 1. The standard InChI is InChI=1S/C33H35N5O4/c1-21-20-37(2)12-13-38(21)33(39)23-4-6-27(30(17-23)40-3)31-18-29-32(42-31)26(8-11-35-29)22-5-7-28(24(16-22)19-34)36-25-9-14-41-15-10-25/h4-8,11,16-18,21,25,36H,9-10,12-15,20H2,1-3H3/t21-/m1/s1. The van der Waals surface area contributed by atoms with Crippen LogP contribution in [0.25, 0.3) is 33.6 Å². The van der Waals surface area contributed by atoms with Gasteiger partial charge in [-0.15, -0.1) is 0 Å². The Morgan fingerprint density at radius 2 is 1.93 bits per heavy atom. The summed E-state index contributed by atoms with van der Waals surface area (Å²) >= 11 is 0. The number of pyridine rings is 1. The van der Waals surface area contributed by atoms with Gasteiger partial charge in [0.15, 0.2) is 5.58 Å². The summed E-state index contributed by atoms with van der Waals surface area (Å²) in [5.74, 6) is 1.14. The van der Waals surface area contributed by atoms with Crippen molar-refractivity contribution in [2.75, 3.05) is 52.3 Å². The van der Waals surface area contributed by atoms with Gasteiger partial charge in [-0.2, -0.15) is 5.26 Å². The smallest absolute Gasteiger partial charge is 0.254 e. The Balaban J connectivity index is 1.30. The molecule has 1 N–H and O–H groups in total. The fraction of sp³-hybridized carbons (Fsp3) is 0.364. The Morgan fingerprint density at radius 1 is 1.10 bits per heavy atom. The Labute approximate surface area is 245 Å². The average Bonchev–Trinajstić information content (AvgIpc) is 3.46. The molecule has 2 fully saturated rings. The zero-order chi connectivity index (χ0) is 29.2. The molecule has 0 saturated carbocycles. The molecule has 2 aliphatic rings. The highest BCUT2D eigenvalue weighted by molar-refractivity contribution is 5.97. The maximum absolute atomic E-state index is 13.3. The molecule has 0 bridgehead atoms. The number of amides is 1. The Bertz CT molecular complexity index is 1650. The van der Waals surface area contributed by atoms with Crippen molar-refractivity contribution in [2.45, 2.75) is 31.8 Å². The number of likely N-dealkylation sites (N-methyl/N-ethyl adjacent to an activating group) is 1. The van der Waals surface area contributed by atoms with Gasteiger partial charge in [0.05, 0.1) is 23.9 Å². The predicted molar refractivity (Wildman–Crippen MR) is 162 cm³/mol. The summed E-state index contributed by atoms with van der Waals surface area (Å²) in [4.78, 5) is 22.0. The zero-order valence-electron chi connectivity index (χ0n) is 24.2. The summed E-state index contributed by atoms with van der Waals surface area (Å²) in [5.41, 5.74) is 5.74. The quantitative estimate of drug-likeness (QED) is 0.331. The van der Waals surface area contributed by atoms with Crippen molar-refractivity contribution < 1.29 is 18.7 Å². The normalized spacial score (nSPS) is 18.1. The van der Waals surface area contributed by atoms with E-state index in [9.17, 15) is 10.1 Å². The van der Waals surface area contributed by atoms with Crippen LogP contribution in [0.15, 0.2) is 59.1 Å². The van der Waals surface area contributed by atoms with E-state index in [-0.39, 0.29) is 11.9 Å². The maximum Gasteiger partial charge on any atom is 0.254 e. The van der Waals surface area contributed by atoms with Crippen LogP contribution in [0.5, 0.6) is 5.75 Å². The molecule has 9 heteroatoms. The number of piperazine rings is 1. The third-order valence-corrected chi connectivity index (χ3v) is 8.25. The van der Waals surface area contributed by atoms with Crippen molar-refractivity contribution in [1.82, 2.24) is 14.8 Å². The van der Waals surface area contributed by atoms with Gasteiger partial charge in [-0.25, -0.2) is 0 Å². The lowest BCUT2D eigenvalue weighted by Gasteiger charge is -2.38. The lowest BCUT2D eigenvalue weighted by atomic mass is 10.0. The first-order chi connectivity index (χ1) is 20.4. The van der Waals surface area contributed by atoms with E-state index in [0.29, 0.717) is 46.3 Å². The highest BCUT2D eigenvalue weighted by atomic mass is 16.5. The molecule has 42 heavy (non-hydrogen) atoms. The van der Waals surface area contributed by atoms with E-state index in [1.165, 1.54) is 0 Å². The van der Waals surface area contributed by atoms with E-state index in [1.54, 1.807) is 19.4 Å². The Hall–Kier alpha value is -4.39. The van der Waals surface area contributed by atoms with Crippen molar-refractivity contribution >= 4 is 22.7 Å². The van der Waals surface area contributed by atoms with Crippen LogP contribution in [0.1, 0.15) is 35.7 Å². The molecule has 2 aromatic carbocycles. The van der Waals surface area contributed by atoms with Gasteiger partial charge in [0.25, 0.3) is 5.91 Å². The minimum atomic E-state index is -0.00272. The third kappa shape index (κ3) is 5.43.